The van der Waals surface area contributed by atoms with Gasteiger partial charge in [-0.2, -0.15) is 0 Å². The lowest BCUT2D eigenvalue weighted by Gasteiger charge is -2.10. The quantitative estimate of drug-likeness (QED) is 0.672. The minimum atomic E-state index is -0.831. The van der Waals surface area contributed by atoms with E-state index in [1.165, 1.54) is 12.3 Å². The molecule has 0 bridgehead atoms. The number of oxime groups is 1. The Hall–Kier alpha value is -2.40. The standard InChI is InChI=1S/C16H14ClFN2O2/c1-11(16(21)20-14-7-4-6-13(17)9-14)22-19-10-12-5-2-3-8-15(12)18/h2-11H,1H3,(H,20,21)/b19-10-/t11-/m0/s1. The van der Waals surface area contributed by atoms with Crippen LogP contribution in [0.2, 0.25) is 5.02 Å². The average Bonchev–Trinajstić information content (AvgIpc) is 2.49. The zero-order valence-electron chi connectivity index (χ0n) is 11.8. The molecule has 1 atom stereocenters. The third-order valence-corrected chi connectivity index (χ3v) is 3.01. The second kappa shape index (κ2) is 7.56. The molecule has 0 saturated carbocycles. The second-order valence-electron chi connectivity index (χ2n) is 4.50. The Morgan fingerprint density at radius 3 is 2.82 bits per heavy atom. The summed E-state index contributed by atoms with van der Waals surface area (Å²) in [6.07, 6.45) is 0.389. The number of amides is 1. The molecule has 0 heterocycles. The molecule has 0 aliphatic carbocycles. The first-order chi connectivity index (χ1) is 10.6. The molecular weight excluding hydrogens is 307 g/mol. The number of carbonyl (C=O) groups excluding carboxylic acids is 1. The Balaban J connectivity index is 1.90. The molecule has 0 unspecified atom stereocenters. The third-order valence-electron chi connectivity index (χ3n) is 2.78. The van der Waals surface area contributed by atoms with Crippen LogP contribution in [-0.2, 0) is 9.63 Å². The summed E-state index contributed by atoms with van der Waals surface area (Å²) in [7, 11) is 0. The van der Waals surface area contributed by atoms with Crippen molar-refractivity contribution in [1.82, 2.24) is 0 Å². The van der Waals surface area contributed by atoms with Gasteiger partial charge in [-0.05, 0) is 31.2 Å². The molecule has 0 saturated heterocycles. The predicted molar refractivity (Wildman–Crippen MR) is 84.6 cm³/mol. The number of benzene rings is 2. The summed E-state index contributed by atoms with van der Waals surface area (Å²) in [5, 5.41) is 6.79. The van der Waals surface area contributed by atoms with Crippen molar-refractivity contribution in [3.8, 4) is 0 Å². The normalized spacial score (nSPS) is 12.1. The molecule has 6 heteroatoms. The summed E-state index contributed by atoms with van der Waals surface area (Å²) in [4.78, 5) is 16.9. The smallest absolute Gasteiger partial charge is 0.267 e. The first kappa shape index (κ1) is 16.0. The lowest BCUT2D eigenvalue weighted by Crippen LogP contribution is -2.26. The molecule has 1 amide bonds. The van der Waals surface area contributed by atoms with Gasteiger partial charge in [-0.3, -0.25) is 4.79 Å². The Morgan fingerprint density at radius 1 is 1.32 bits per heavy atom. The molecule has 0 fully saturated rings. The van der Waals surface area contributed by atoms with Gasteiger partial charge in [0, 0.05) is 16.3 Å². The number of halogens is 2. The zero-order chi connectivity index (χ0) is 15.9. The van der Waals surface area contributed by atoms with E-state index in [9.17, 15) is 9.18 Å². The summed E-state index contributed by atoms with van der Waals surface area (Å²) >= 11 is 5.83. The van der Waals surface area contributed by atoms with Gasteiger partial charge in [0.05, 0.1) is 6.21 Å². The fourth-order valence-electron chi connectivity index (χ4n) is 1.62. The Bertz CT molecular complexity index is 691. The van der Waals surface area contributed by atoms with Gasteiger partial charge in [-0.25, -0.2) is 4.39 Å². The SMILES string of the molecule is C[C@H](O/N=C\c1ccccc1F)C(=O)Nc1cccc(Cl)c1. The molecule has 0 aromatic heterocycles. The minimum Gasteiger partial charge on any atom is -0.383 e. The molecule has 2 aromatic carbocycles. The van der Waals surface area contributed by atoms with Crippen molar-refractivity contribution in [2.24, 2.45) is 5.16 Å². The number of anilines is 1. The van der Waals surface area contributed by atoms with Gasteiger partial charge in [-0.15, -0.1) is 0 Å². The number of nitrogens with zero attached hydrogens (tertiary/aromatic N) is 1. The number of hydrogen-bond acceptors (Lipinski definition) is 3. The van der Waals surface area contributed by atoms with Gasteiger partial charge in [-0.1, -0.05) is 41.0 Å². The highest BCUT2D eigenvalue weighted by molar-refractivity contribution is 6.30. The maximum atomic E-state index is 13.4. The summed E-state index contributed by atoms with van der Waals surface area (Å²) in [6, 6.07) is 12.9. The maximum absolute atomic E-state index is 13.4. The summed E-state index contributed by atoms with van der Waals surface area (Å²) in [5.41, 5.74) is 0.844. The van der Waals surface area contributed by atoms with Crippen molar-refractivity contribution in [3.63, 3.8) is 0 Å². The van der Waals surface area contributed by atoms with Crippen LogP contribution >= 0.6 is 11.6 Å². The fourth-order valence-corrected chi connectivity index (χ4v) is 1.81. The third kappa shape index (κ3) is 4.56. The van der Waals surface area contributed by atoms with Crippen LogP contribution in [0, 0.1) is 5.82 Å². The molecule has 22 heavy (non-hydrogen) atoms. The van der Waals surface area contributed by atoms with Crippen LogP contribution in [0.15, 0.2) is 53.7 Å². The largest absolute Gasteiger partial charge is 0.383 e. The van der Waals surface area contributed by atoms with Gasteiger partial charge in [0.15, 0.2) is 0 Å². The first-order valence-corrected chi connectivity index (χ1v) is 6.94. The van der Waals surface area contributed by atoms with Crippen LogP contribution in [0.4, 0.5) is 10.1 Å². The van der Waals surface area contributed by atoms with Gasteiger partial charge < -0.3 is 10.2 Å². The van der Waals surface area contributed by atoms with Gasteiger partial charge in [0.2, 0.25) is 6.10 Å². The summed E-state index contributed by atoms with van der Waals surface area (Å²) in [6.45, 7) is 1.54. The van der Waals surface area contributed by atoms with E-state index in [1.54, 1.807) is 49.4 Å². The van der Waals surface area contributed by atoms with Gasteiger partial charge in [0.25, 0.3) is 5.91 Å². The van der Waals surface area contributed by atoms with Crippen molar-refractivity contribution in [2.75, 3.05) is 5.32 Å². The number of rotatable bonds is 5. The van der Waals surface area contributed by atoms with E-state index < -0.39 is 11.9 Å². The summed E-state index contributed by atoms with van der Waals surface area (Å²) in [5.74, 6) is -0.793. The molecule has 1 N–H and O–H groups in total. The summed E-state index contributed by atoms with van der Waals surface area (Å²) < 4.78 is 13.4. The Kier molecular flexibility index (Phi) is 5.49. The fraction of sp³-hybridized carbons (Fsp3) is 0.125. The Morgan fingerprint density at radius 2 is 2.09 bits per heavy atom. The Labute approximate surface area is 132 Å². The monoisotopic (exact) mass is 320 g/mol. The lowest BCUT2D eigenvalue weighted by molar-refractivity contribution is -0.126. The van der Waals surface area contributed by atoms with Crippen molar-refractivity contribution < 1.29 is 14.0 Å². The van der Waals surface area contributed by atoms with Gasteiger partial charge >= 0.3 is 0 Å². The van der Waals surface area contributed by atoms with Crippen LogP contribution < -0.4 is 5.32 Å². The van der Waals surface area contributed by atoms with Crippen LogP contribution in [0.3, 0.4) is 0 Å². The molecule has 0 aliphatic heterocycles. The molecule has 0 aliphatic rings. The maximum Gasteiger partial charge on any atom is 0.267 e. The van der Waals surface area contributed by atoms with Crippen molar-refractivity contribution in [3.05, 3.63) is 64.9 Å². The first-order valence-electron chi connectivity index (χ1n) is 6.56. The molecule has 2 rings (SSSR count). The average molecular weight is 321 g/mol. The van der Waals surface area contributed by atoms with E-state index in [4.69, 9.17) is 16.4 Å². The predicted octanol–water partition coefficient (Wildman–Crippen LogP) is 3.86. The number of nitrogens with one attached hydrogen (secondary N) is 1. The molecule has 0 radical (unpaired) electrons. The number of carbonyl (C=O) groups is 1. The lowest BCUT2D eigenvalue weighted by atomic mass is 10.2. The molecule has 4 nitrogen and oxygen atoms in total. The topological polar surface area (TPSA) is 50.7 Å². The molecule has 114 valence electrons. The van der Waals surface area contributed by atoms with Crippen LogP contribution in [0.5, 0.6) is 0 Å². The van der Waals surface area contributed by atoms with E-state index in [2.05, 4.69) is 10.5 Å². The van der Waals surface area contributed by atoms with E-state index >= 15 is 0 Å². The minimum absolute atomic E-state index is 0.282. The van der Waals surface area contributed by atoms with Crippen LogP contribution in [-0.4, -0.2) is 18.2 Å². The van der Waals surface area contributed by atoms with E-state index in [0.29, 0.717) is 10.7 Å². The highest BCUT2D eigenvalue weighted by Crippen LogP contribution is 2.15. The zero-order valence-corrected chi connectivity index (χ0v) is 12.5. The second-order valence-corrected chi connectivity index (χ2v) is 4.94. The van der Waals surface area contributed by atoms with Crippen molar-refractivity contribution in [2.45, 2.75) is 13.0 Å². The molecule has 0 spiro atoms. The van der Waals surface area contributed by atoms with Crippen molar-refractivity contribution >= 4 is 29.4 Å². The van der Waals surface area contributed by atoms with Crippen LogP contribution in [0.1, 0.15) is 12.5 Å². The van der Waals surface area contributed by atoms with E-state index in [0.717, 1.165) is 0 Å². The molecular formula is C16H14ClFN2O2. The van der Waals surface area contributed by atoms with Crippen molar-refractivity contribution in [1.29, 1.82) is 0 Å². The van der Waals surface area contributed by atoms with E-state index in [-0.39, 0.29) is 11.5 Å². The highest BCUT2D eigenvalue weighted by Gasteiger charge is 2.14. The van der Waals surface area contributed by atoms with Gasteiger partial charge in [0.1, 0.15) is 5.82 Å². The van der Waals surface area contributed by atoms with E-state index in [1.807, 2.05) is 0 Å². The molecule has 2 aromatic rings. The number of hydrogen-bond donors (Lipinski definition) is 1. The van der Waals surface area contributed by atoms with Crippen LogP contribution in [0.25, 0.3) is 0 Å². The highest BCUT2D eigenvalue weighted by atomic mass is 35.5.